The number of unbranched alkanes of at least 4 members (excludes halogenated alkanes) is 2. The van der Waals surface area contributed by atoms with Crippen LogP contribution in [0.4, 0.5) is 0 Å². The Hall–Kier alpha value is -0.360. The highest BCUT2D eigenvalue weighted by molar-refractivity contribution is 7.84. The van der Waals surface area contributed by atoms with Crippen LogP contribution in [-0.4, -0.2) is 31.6 Å². The molecule has 0 spiro atoms. The van der Waals surface area contributed by atoms with Crippen molar-refractivity contribution < 1.29 is 19.8 Å². The van der Waals surface area contributed by atoms with Crippen LogP contribution in [0.25, 0.3) is 0 Å². The van der Waals surface area contributed by atoms with E-state index in [1.165, 1.54) is 19.3 Å². The van der Waals surface area contributed by atoms with E-state index in [4.69, 9.17) is 25.3 Å². The minimum absolute atomic E-state index is 0.204. The van der Waals surface area contributed by atoms with E-state index in [9.17, 15) is 19.8 Å². The van der Waals surface area contributed by atoms with Crippen LogP contribution in [0.15, 0.2) is 0 Å². The van der Waals surface area contributed by atoms with Gasteiger partial charge in [0.25, 0.3) is 0 Å². The van der Waals surface area contributed by atoms with Crippen LogP contribution in [0, 0.1) is 17.3 Å². The van der Waals surface area contributed by atoms with E-state index in [2.05, 4.69) is 27.7 Å². The summed E-state index contributed by atoms with van der Waals surface area (Å²) in [7, 11) is 0. The summed E-state index contributed by atoms with van der Waals surface area (Å²) < 4.78 is -2.90. The molecule has 1 aliphatic carbocycles. The van der Waals surface area contributed by atoms with E-state index in [1.807, 2.05) is 0 Å². The summed E-state index contributed by atoms with van der Waals surface area (Å²) in [5.41, 5.74) is -1.04. The van der Waals surface area contributed by atoms with Crippen LogP contribution >= 0.6 is 25.3 Å². The number of thiol groups is 2. The zero-order chi connectivity index (χ0) is 28.7. The molecule has 1 rings (SSSR count). The highest BCUT2D eigenvalue weighted by Crippen LogP contribution is 2.60. The fourth-order valence-corrected chi connectivity index (χ4v) is 8.52. The second-order valence-electron chi connectivity index (χ2n) is 12.3. The van der Waals surface area contributed by atoms with Gasteiger partial charge in [-0.3, -0.25) is 9.59 Å². The molecule has 1 aliphatic rings. The number of carboxylic acids is 2. The number of aliphatic carboxylic acids is 2. The zero-order valence-corrected chi connectivity index (χ0v) is 26.9. The van der Waals surface area contributed by atoms with Gasteiger partial charge >= 0.3 is 11.9 Å². The van der Waals surface area contributed by atoms with Crippen molar-refractivity contribution in [3.8, 4) is 0 Å². The summed E-state index contributed by atoms with van der Waals surface area (Å²) in [6, 6.07) is 0. The molecule has 0 heterocycles. The smallest absolute Gasteiger partial charge is 0.320 e. The van der Waals surface area contributed by atoms with Crippen LogP contribution in [0.3, 0.4) is 0 Å². The fraction of sp³-hybridized carbons (Fsp3) is 0.938. The van der Waals surface area contributed by atoms with Crippen molar-refractivity contribution in [3.05, 3.63) is 0 Å². The molecule has 1 saturated carbocycles. The molecule has 0 aromatic heterocycles. The van der Waals surface area contributed by atoms with Gasteiger partial charge in [-0.1, -0.05) is 137 Å². The summed E-state index contributed by atoms with van der Waals surface area (Å²) in [5, 5.41) is 22.0. The standard InChI is InChI=1S/C32H60O4S2/c1-5-9-20-26(7-3)24-31(37,28(33)34)30(22-18-16-14-12-11-13-15-17-19-23-30)32(38,29(35)36)25-27(8-4)21-10-6-2/h26-27,37-38H,5-25H2,1-4H3,(H,33,34)(H,35,36). The number of rotatable bonds is 16. The van der Waals surface area contributed by atoms with Crippen molar-refractivity contribution >= 4 is 37.2 Å². The molecule has 0 saturated heterocycles. The molecule has 4 atom stereocenters. The summed E-state index contributed by atoms with van der Waals surface area (Å²) in [4.78, 5) is 26.8. The normalized spacial score (nSPS) is 22.2. The van der Waals surface area contributed by atoms with Crippen molar-refractivity contribution in [3.63, 3.8) is 0 Å². The Morgan fingerprint density at radius 2 is 0.974 bits per heavy atom. The van der Waals surface area contributed by atoms with Gasteiger partial charge in [0.05, 0.1) is 0 Å². The third-order valence-corrected chi connectivity index (χ3v) is 11.4. The Kier molecular flexibility index (Phi) is 17.0. The van der Waals surface area contributed by atoms with E-state index in [0.29, 0.717) is 25.7 Å². The topological polar surface area (TPSA) is 74.6 Å². The fourth-order valence-electron chi connectivity index (χ4n) is 7.08. The lowest BCUT2D eigenvalue weighted by atomic mass is 9.55. The highest BCUT2D eigenvalue weighted by atomic mass is 32.1. The summed E-state index contributed by atoms with van der Waals surface area (Å²) in [6.07, 6.45) is 19.4. The Morgan fingerprint density at radius 3 is 1.24 bits per heavy atom. The highest BCUT2D eigenvalue weighted by Gasteiger charge is 2.66. The Balaban J connectivity index is 3.77. The molecule has 6 heteroatoms. The summed E-state index contributed by atoms with van der Waals surface area (Å²) in [6.45, 7) is 8.59. The lowest BCUT2D eigenvalue weighted by Crippen LogP contribution is -2.64. The SMILES string of the molecule is CCCCC(CC)CC(S)(C(=O)O)C1(C(S)(CC(CC)CCCC)C(=O)O)CCCCCCCCCCC1. The van der Waals surface area contributed by atoms with Crippen molar-refractivity contribution in [2.24, 2.45) is 17.3 Å². The number of carbonyl (C=O) groups is 2. The van der Waals surface area contributed by atoms with E-state index >= 15 is 0 Å². The Bertz CT molecular complexity index is 628. The molecule has 4 unspecified atom stereocenters. The van der Waals surface area contributed by atoms with Crippen molar-refractivity contribution in [2.45, 2.75) is 172 Å². The van der Waals surface area contributed by atoms with Gasteiger partial charge in [-0.15, -0.1) is 0 Å². The third kappa shape index (κ3) is 9.35. The molecular formula is C32H60O4S2. The lowest BCUT2D eigenvalue weighted by molar-refractivity contribution is -0.154. The molecule has 0 aromatic carbocycles. The minimum atomic E-state index is -1.45. The lowest BCUT2D eigenvalue weighted by Gasteiger charge is -2.55. The van der Waals surface area contributed by atoms with Crippen LogP contribution in [0.2, 0.25) is 0 Å². The molecule has 224 valence electrons. The Labute approximate surface area is 245 Å². The van der Waals surface area contributed by atoms with Gasteiger partial charge in [0, 0.05) is 5.41 Å². The molecule has 0 radical (unpaired) electrons. The van der Waals surface area contributed by atoms with Gasteiger partial charge in [-0.2, -0.15) is 25.3 Å². The Morgan fingerprint density at radius 1 is 0.658 bits per heavy atom. The number of carboxylic acid groups (broad SMARTS) is 2. The molecule has 0 amide bonds. The van der Waals surface area contributed by atoms with Crippen LogP contribution < -0.4 is 0 Å². The van der Waals surface area contributed by atoms with Gasteiger partial charge in [0.15, 0.2) is 0 Å². The van der Waals surface area contributed by atoms with E-state index in [-0.39, 0.29) is 11.8 Å². The molecule has 0 bridgehead atoms. The molecule has 0 aromatic rings. The molecule has 4 nitrogen and oxygen atoms in total. The minimum Gasteiger partial charge on any atom is -0.480 e. The molecule has 1 fully saturated rings. The van der Waals surface area contributed by atoms with Gasteiger partial charge in [0.1, 0.15) is 9.49 Å². The maximum atomic E-state index is 13.4. The predicted octanol–water partition coefficient (Wildman–Crippen LogP) is 10.00. The first-order chi connectivity index (χ1) is 18.1. The average Bonchev–Trinajstić information content (AvgIpc) is 2.88. The van der Waals surface area contributed by atoms with Gasteiger partial charge in [-0.25, -0.2) is 0 Å². The second kappa shape index (κ2) is 18.1. The maximum absolute atomic E-state index is 13.4. The van der Waals surface area contributed by atoms with Crippen LogP contribution in [0.1, 0.15) is 163 Å². The number of hydrogen-bond acceptors (Lipinski definition) is 4. The van der Waals surface area contributed by atoms with E-state index in [1.54, 1.807) is 0 Å². The predicted molar refractivity (Wildman–Crippen MR) is 168 cm³/mol. The monoisotopic (exact) mass is 572 g/mol. The second-order valence-corrected chi connectivity index (χ2v) is 13.9. The first-order valence-electron chi connectivity index (χ1n) is 16.0. The molecular weight excluding hydrogens is 512 g/mol. The molecule has 0 aliphatic heterocycles. The first kappa shape index (κ1) is 35.7. The van der Waals surface area contributed by atoms with E-state index < -0.39 is 26.8 Å². The van der Waals surface area contributed by atoms with Crippen LogP contribution in [-0.2, 0) is 9.59 Å². The number of hydrogen-bond donors (Lipinski definition) is 4. The summed E-state index contributed by atoms with van der Waals surface area (Å²) in [5.74, 6) is -1.50. The third-order valence-electron chi connectivity index (χ3n) is 9.75. The van der Waals surface area contributed by atoms with Gasteiger partial charge in [-0.05, 0) is 37.5 Å². The van der Waals surface area contributed by atoms with Crippen molar-refractivity contribution in [1.29, 1.82) is 0 Å². The van der Waals surface area contributed by atoms with Crippen molar-refractivity contribution in [2.75, 3.05) is 0 Å². The van der Waals surface area contributed by atoms with E-state index in [0.717, 1.165) is 89.9 Å². The quantitative estimate of drug-likeness (QED) is 0.139. The molecule has 2 N–H and O–H groups in total. The van der Waals surface area contributed by atoms with Gasteiger partial charge < -0.3 is 10.2 Å². The largest absolute Gasteiger partial charge is 0.480 e. The zero-order valence-electron chi connectivity index (χ0n) is 25.1. The first-order valence-corrected chi connectivity index (χ1v) is 16.9. The van der Waals surface area contributed by atoms with Crippen molar-refractivity contribution in [1.82, 2.24) is 0 Å². The average molecular weight is 573 g/mol. The molecule has 38 heavy (non-hydrogen) atoms. The summed E-state index contributed by atoms with van der Waals surface area (Å²) >= 11 is 10.3. The van der Waals surface area contributed by atoms with Crippen LogP contribution in [0.5, 0.6) is 0 Å². The maximum Gasteiger partial charge on any atom is 0.320 e. The van der Waals surface area contributed by atoms with Gasteiger partial charge in [0.2, 0.25) is 0 Å².